The van der Waals surface area contributed by atoms with E-state index < -0.39 is 0 Å². The van der Waals surface area contributed by atoms with E-state index in [4.69, 9.17) is 11.6 Å². The molecule has 0 amide bonds. The number of fused-ring (bicyclic) bond motifs is 3. The van der Waals surface area contributed by atoms with Gasteiger partial charge in [-0.15, -0.1) is 0 Å². The average Bonchev–Trinajstić information content (AvgIpc) is 2.99. The highest BCUT2D eigenvalue weighted by Crippen LogP contribution is 2.24. The molecule has 0 aliphatic heterocycles. The molecule has 0 saturated carbocycles. The Bertz CT molecular complexity index is 949. The molecule has 0 atom stereocenters. The van der Waals surface area contributed by atoms with Crippen LogP contribution in [-0.4, -0.2) is 14.0 Å². The minimum Gasteiger partial charge on any atom is -0.305 e. The van der Waals surface area contributed by atoms with Crippen molar-refractivity contribution in [1.29, 1.82) is 0 Å². The summed E-state index contributed by atoms with van der Waals surface area (Å²) in [4.78, 5) is 4.66. The summed E-state index contributed by atoms with van der Waals surface area (Å²) in [6.45, 7) is 2.73. The van der Waals surface area contributed by atoms with Gasteiger partial charge in [0.1, 0.15) is 0 Å². The first-order valence-electron chi connectivity index (χ1n) is 6.90. The number of benzene rings is 2. The third kappa shape index (κ3) is 1.93. The van der Waals surface area contributed by atoms with Crippen LogP contribution in [0.25, 0.3) is 16.8 Å². The molecule has 0 bridgehead atoms. The summed E-state index contributed by atoms with van der Waals surface area (Å²) in [6, 6.07) is 16.3. The number of halogens is 1. The molecule has 21 heavy (non-hydrogen) atoms. The van der Waals surface area contributed by atoms with Gasteiger partial charge in [0.2, 0.25) is 5.78 Å². The molecule has 0 aliphatic rings. The molecule has 2 aromatic heterocycles. The van der Waals surface area contributed by atoms with Crippen molar-refractivity contribution in [3.8, 4) is 0 Å². The Morgan fingerprint density at radius 2 is 1.71 bits per heavy atom. The summed E-state index contributed by atoms with van der Waals surface area (Å²) in [6.07, 6.45) is 2.07. The van der Waals surface area contributed by atoms with Gasteiger partial charge in [0.25, 0.3) is 0 Å². The zero-order valence-electron chi connectivity index (χ0n) is 11.6. The van der Waals surface area contributed by atoms with Gasteiger partial charge in [-0.25, -0.2) is 4.98 Å². The van der Waals surface area contributed by atoms with E-state index in [1.54, 1.807) is 0 Å². The lowest BCUT2D eigenvalue weighted by Crippen LogP contribution is -2.01. The van der Waals surface area contributed by atoms with Crippen LogP contribution >= 0.6 is 11.6 Å². The van der Waals surface area contributed by atoms with Crippen molar-refractivity contribution < 1.29 is 0 Å². The molecule has 0 fully saturated rings. The lowest BCUT2D eigenvalue weighted by Gasteiger charge is -2.07. The van der Waals surface area contributed by atoms with Gasteiger partial charge in [0.05, 0.1) is 23.3 Å². The normalized spacial score (nSPS) is 11.5. The average molecular weight is 296 g/mol. The van der Waals surface area contributed by atoms with Crippen LogP contribution in [0.5, 0.6) is 0 Å². The van der Waals surface area contributed by atoms with Crippen molar-refractivity contribution in [3.05, 3.63) is 71.0 Å². The van der Waals surface area contributed by atoms with E-state index in [0.717, 1.165) is 22.1 Å². The Labute approximate surface area is 127 Å². The van der Waals surface area contributed by atoms with Crippen LogP contribution in [0.1, 0.15) is 11.3 Å². The van der Waals surface area contributed by atoms with Gasteiger partial charge in [-0.2, -0.15) is 0 Å². The van der Waals surface area contributed by atoms with Crippen molar-refractivity contribution >= 4 is 28.4 Å². The molecule has 0 unspecified atom stereocenters. The smallest absolute Gasteiger partial charge is 0.215 e. The summed E-state index contributed by atoms with van der Waals surface area (Å²) in [5.41, 5.74) is 4.45. The van der Waals surface area contributed by atoms with Gasteiger partial charge < -0.3 is 4.57 Å². The first kappa shape index (κ1) is 12.5. The number of para-hydroxylation sites is 2. The molecular formula is C17H14ClN3. The minimum absolute atomic E-state index is 0.715. The van der Waals surface area contributed by atoms with Crippen molar-refractivity contribution in [2.45, 2.75) is 13.5 Å². The standard InChI is InChI=1S/C17H14ClN3/c1-12-10-20-15-8-4-5-9-16(15)21(17(20)19-12)11-13-6-2-3-7-14(13)18/h2-10H,11H2,1H3. The summed E-state index contributed by atoms with van der Waals surface area (Å²) in [5.74, 6) is 0.952. The van der Waals surface area contributed by atoms with Crippen LogP contribution in [0.3, 0.4) is 0 Å². The Kier molecular flexibility index (Phi) is 2.76. The Morgan fingerprint density at radius 1 is 1.00 bits per heavy atom. The second kappa shape index (κ2) is 4.64. The quantitative estimate of drug-likeness (QED) is 0.540. The maximum absolute atomic E-state index is 6.31. The summed E-state index contributed by atoms with van der Waals surface area (Å²) in [5, 5.41) is 0.789. The molecule has 0 radical (unpaired) electrons. The molecule has 2 aromatic carbocycles. The lowest BCUT2D eigenvalue weighted by atomic mass is 10.2. The zero-order chi connectivity index (χ0) is 14.4. The van der Waals surface area contributed by atoms with Gasteiger partial charge in [0, 0.05) is 11.2 Å². The Hall–Kier alpha value is -2.26. The summed E-state index contributed by atoms with van der Waals surface area (Å²) < 4.78 is 4.35. The summed E-state index contributed by atoms with van der Waals surface area (Å²) >= 11 is 6.31. The van der Waals surface area contributed by atoms with Gasteiger partial charge in [-0.1, -0.05) is 41.9 Å². The van der Waals surface area contributed by atoms with Crippen molar-refractivity contribution in [1.82, 2.24) is 14.0 Å². The van der Waals surface area contributed by atoms with Crippen LogP contribution in [-0.2, 0) is 6.54 Å². The van der Waals surface area contributed by atoms with E-state index >= 15 is 0 Å². The fourth-order valence-corrected chi connectivity index (χ4v) is 3.00. The largest absolute Gasteiger partial charge is 0.305 e. The molecule has 0 N–H and O–H groups in total. The van der Waals surface area contributed by atoms with Crippen LogP contribution < -0.4 is 0 Å². The third-order valence-corrected chi connectivity index (χ3v) is 4.14. The molecule has 3 nitrogen and oxygen atoms in total. The Morgan fingerprint density at radius 3 is 2.52 bits per heavy atom. The number of rotatable bonds is 2. The molecule has 0 spiro atoms. The molecule has 0 saturated heterocycles. The predicted octanol–water partition coefficient (Wildman–Crippen LogP) is 4.30. The summed E-state index contributed by atoms with van der Waals surface area (Å²) in [7, 11) is 0. The molecule has 104 valence electrons. The third-order valence-electron chi connectivity index (χ3n) is 3.77. The molecule has 4 rings (SSSR count). The number of aromatic nitrogens is 3. The van der Waals surface area contributed by atoms with E-state index in [-0.39, 0.29) is 0 Å². The van der Waals surface area contributed by atoms with E-state index in [0.29, 0.717) is 6.54 Å². The maximum Gasteiger partial charge on any atom is 0.215 e. The highest BCUT2D eigenvalue weighted by atomic mass is 35.5. The van der Waals surface area contributed by atoms with Crippen LogP contribution in [0.15, 0.2) is 54.7 Å². The van der Waals surface area contributed by atoms with E-state index in [2.05, 4.69) is 50.5 Å². The van der Waals surface area contributed by atoms with Crippen LogP contribution in [0.4, 0.5) is 0 Å². The monoisotopic (exact) mass is 295 g/mol. The molecular weight excluding hydrogens is 282 g/mol. The highest BCUT2D eigenvalue weighted by molar-refractivity contribution is 6.31. The fraction of sp³-hybridized carbons (Fsp3) is 0.118. The van der Waals surface area contributed by atoms with Crippen molar-refractivity contribution in [2.24, 2.45) is 0 Å². The van der Waals surface area contributed by atoms with Crippen LogP contribution in [0, 0.1) is 6.92 Å². The second-order valence-corrected chi connectivity index (χ2v) is 5.63. The van der Waals surface area contributed by atoms with Gasteiger partial charge in [-0.3, -0.25) is 4.40 Å². The topological polar surface area (TPSA) is 22.2 Å². The fourth-order valence-electron chi connectivity index (χ4n) is 2.81. The molecule has 2 heterocycles. The van der Waals surface area contributed by atoms with Crippen LogP contribution in [0.2, 0.25) is 5.02 Å². The first-order valence-corrected chi connectivity index (χ1v) is 7.28. The molecule has 4 aromatic rings. The number of aryl methyl sites for hydroxylation is 1. The maximum atomic E-state index is 6.31. The van der Waals surface area contributed by atoms with Gasteiger partial charge in [-0.05, 0) is 30.7 Å². The molecule has 0 aliphatic carbocycles. The van der Waals surface area contributed by atoms with E-state index in [1.807, 2.05) is 25.1 Å². The highest BCUT2D eigenvalue weighted by Gasteiger charge is 2.13. The van der Waals surface area contributed by atoms with E-state index in [1.165, 1.54) is 11.0 Å². The number of imidazole rings is 2. The van der Waals surface area contributed by atoms with E-state index in [9.17, 15) is 0 Å². The minimum atomic E-state index is 0.715. The molecule has 4 heteroatoms. The number of nitrogens with zero attached hydrogens (tertiary/aromatic N) is 3. The van der Waals surface area contributed by atoms with Crippen molar-refractivity contribution in [3.63, 3.8) is 0 Å². The van der Waals surface area contributed by atoms with Gasteiger partial charge in [0.15, 0.2) is 0 Å². The SMILES string of the molecule is Cc1cn2c3ccccc3n(Cc3ccccc3Cl)c2n1. The second-order valence-electron chi connectivity index (χ2n) is 5.22. The lowest BCUT2D eigenvalue weighted by molar-refractivity contribution is 0.845. The Balaban J connectivity index is 1.99. The first-order chi connectivity index (χ1) is 10.2. The predicted molar refractivity (Wildman–Crippen MR) is 86.0 cm³/mol. The van der Waals surface area contributed by atoms with Gasteiger partial charge >= 0.3 is 0 Å². The number of hydrogen-bond donors (Lipinski definition) is 0. The van der Waals surface area contributed by atoms with Crippen molar-refractivity contribution in [2.75, 3.05) is 0 Å². The zero-order valence-corrected chi connectivity index (χ0v) is 12.4. The number of hydrogen-bond acceptors (Lipinski definition) is 1.